The van der Waals surface area contributed by atoms with Crippen LogP contribution in [0.5, 0.6) is 0 Å². The van der Waals surface area contributed by atoms with Crippen LogP contribution < -0.4 is 0 Å². The van der Waals surface area contributed by atoms with Crippen molar-refractivity contribution in [1.29, 1.82) is 0 Å². The van der Waals surface area contributed by atoms with Crippen LogP contribution in [0.1, 0.15) is 17.9 Å². The molecule has 0 unspecified atom stereocenters. The van der Waals surface area contributed by atoms with E-state index in [4.69, 9.17) is 19.4 Å². The Kier molecular flexibility index (Phi) is 7.58. The van der Waals surface area contributed by atoms with Crippen LogP contribution in [0.2, 0.25) is 0 Å². The van der Waals surface area contributed by atoms with Gasteiger partial charge in [0, 0.05) is 28.7 Å². The molecule has 9 aromatic rings. The van der Waals surface area contributed by atoms with Crippen LogP contribution >= 0.6 is 0 Å². The summed E-state index contributed by atoms with van der Waals surface area (Å²) in [6, 6.07) is 57.8. The first kappa shape index (κ1) is 30.9. The number of benzene rings is 7. The lowest BCUT2D eigenvalue weighted by Crippen LogP contribution is -1.96. The number of fused-ring (bicyclic) bond motifs is 3. The molecule has 0 amide bonds. The summed E-state index contributed by atoms with van der Waals surface area (Å²) in [6.07, 6.45) is 6.07. The van der Waals surface area contributed by atoms with Gasteiger partial charge in [0.2, 0.25) is 5.89 Å². The lowest BCUT2D eigenvalue weighted by molar-refractivity contribution is 0.516. The molecule has 53 heavy (non-hydrogen) atoms. The van der Waals surface area contributed by atoms with E-state index >= 15 is 0 Å². The molecule has 0 aliphatic heterocycles. The van der Waals surface area contributed by atoms with Gasteiger partial charge in [-0.3, -0.25) is 0 Å². The molecule has 4 heteroatoms. The van der Waals surface area contributed by atoms with E-state index in [-0.39, 0.29) is 0 Å². The Morgan fingerprint density at radius 1 is 0.434 bits per heavy atom. The lowest BCUT2D eigenvalue weighted by Gasteiger charge is -2.12. The van der Waals surface area contributed by atoms with Crippen molar-refractivity contribution in [1.82, 2.24) is 15.0 Å². The Balaban J connectivity index is 1.03. The topological polar surface area (TPSA) is 51.8 Å². The molecule has 4 nitrogen and oxygen atoms in total. The Morgan fingerprint density at radius 2 is 1.04 bits per heavy atom. The predicted octanol–water partition coefficient (Wildman–Crippen LogP) is 12.7. The molecule has 250 valence electrons. The molecule has 0 radical (unpaired) electrons. The number of aromatic nitrogens is 3. The maximum atomic E-state index is 6.13. The first-order valence-electron chi connectivity index (χ1n) is 18.1. The van der Waals surface area contributed by atoms with Gasteiger partial charge in [0.1, 0.15) is 11.5 Å². The SMILES string of the molecule is C1=Cc2nc(-c3ccc(-c4cc(-c5ccc(-c6ccc7ccccc7c6)cc5)nc(-c5ccc(-c6cccc7ccccc67)cc5)n4)cc3)oc2CC1. The third kappa shape index (κ3) is 5.90. The molecule has 0 fully saturated rings. The van der Waals surface area contributed by atoms with Gasteiger partial charge in [-0.05, 0) is 80.6 Å². The third-order valence-corrected chi connectivity index (χ3v) is 10.2. The first-order valence-corrected chi connectivity index (χ1v) is 18.1. The summed E-state index contributed by atoms with van der Waals surface area (Å²) in [5.41, 5.74) is 11.3. The summed E-state index contributed by atoms with van der Waals surface area (Å²) in [7, 11) is 0. The van der Waals surface area contributed by atoms with E-state index in [1.807, 2.05) is 6.08 Å². The minimum Gasteiger partial charge on any atom is -0.441 e. The lowest BCUT2D eigenvalue weighted by atomic mass is 9.97. The van der Waals surface area contributed by atoms with E-state index in [0.717, 1.165) is 69.1 Å². The summed E-state index contributed by atoms with van der Waals surface area (Å²) in [5, 5.41) is 4.94. The number of allylic oxidation sites excluding steroid dienone is 1. The molecule has 0 saturated heterocycles. The van der Waals surface area contributed by atoms with Crippen LogP contribution in [-0.4, -0.2) is 15.0 Å². The zero-order valence-electron chi connectivity index (χ0n) is 28.9. The van der Waals surface area contributed by atoms with Crippen LogP contribution in [0.25, 0.3) is 95.2 Å². The van der Waals surface area contributed by atoms with Gasteiger partial charge >= 0.3 is 0 Å². The van der Waals surface area contributed by atoms with Crippen LogP contribution in [0.15, 0.2) is 174 Å². The van der Waals surface area contributed by atoms with Crippen molar-refractivity contribution in [2.75, 3.05) is 0 Å². The summed E-state index contributed by atoms with van der Waals surface area (Å²) in [4.78, 5) is 15.0. The van der Waals surface area contributed by atoms with Crippen molar-refractivity contribution >= 4 is 27.6 Å². The largest absolute Gasteiger partial charge is 0.441 e. The van der Waals surface area contributed by atoms with Gasteiger partial charge in [-0.1, -0.05) is 146 Å². The van der Waals surface area contributed by atoms with E-state index in [2.05, 4.69) is 170 Å². The highest BCUT2D eigenvalue weighted by molar-refractivity contribution is 5.97. The van der Waals surface area contributed by atoms with Gasteiger partial charge in [0.05, 0.1) is 11.4 Å². The maximum absolute atomic E-state index is 6.13. The van der Waals surface area contributed by atoms with Crippen molar-refractivity contribution in [3.63, 3.8) is 0 Å². The highest BCUT2D eigenvalue weighted by Crippen LogP contribution is 2.34. The second-order valence-corrected chi connectivity index (χ2v) is 13.6. The minimum atomic E-state index is 0.648. The van der Waals surface area contributed by atoms with E-state index < -0.39 is 0 Å². The summed E-state index contributed by atoms with van der Waals surface area (Å²) in [6.45, 7) is 0. The molecule has 0 atom stereocenters. The predicted molar refractivity (Wildman–Crippen MR) is 217 cm³/mol. The number of oxazole rings is 1. The van der Waals surface area contributed by atoms with Crippen molar-refractivity contribution in [2.45, 2.75) is 12.8 Å². The number of hydrogen-bond donors (Lipinski definition) is 0. The fourth-order valence-electron chi connectivity index (χ4n) is 7.34. The zero-order valence-corrected chi connectivity index (χ0v) is 28.9. The smallest absolute Gasteiger partial charge is 0.226 e. The molecule has 0 bridgehead atoms. The monoisotopic (exact) mass is 679 g/mol. The minimum absolute atomic E-state index is 0.648. The summed E-state index contributed by atoms with van der Waals surface area (Å²) in [5.74, 6) is 2.28. The average Bonchev–Trinajstić information content (AvgIpc) is 3.68. The highest BCUT2D eigenvalue weighted by atomic mass is 16.4. The Morgan fingerprint density at radius 3 is 1.79 bits per heavy atom. The van der Waals surface area contributed by atoms with E-state index in [0.29, 0.717) is 11.7 Å². The van der Waals surface area contributed by atoms with Crippen molar-refractivity contribution < 1.29 is 4.42 Å². The van der Waals surface area contributed by atoms with Gasteiger partial charge in [-0.2, -0.15) is 0 Å². The first-order chi connectivity index (χ1) is 26.2. The maximum Gasteiger partial charge on any atom is 0.226 e. The summed E-state index contributed by atoms with van der Waals surface area (Å²) >= 11 is 0. The number of aryl methyl sites for hydroxylation is 1. The summed E-state index contributed by atoms with van der Waals surface area (Å²) < 4.78 is 6.13. The highest BCUT2D eigenvalue weighted by Gasteiger charge is 2.16. The molecular formula is C49H33N3O. The zero-order chi connectivity index (χ0) is 35.1. The molecule has 2 aromatic heterocycles. The molecular weight excluding hydrogens is 647 g/mol. The van der Waals surface area contributed by atoms with Gasteiger partial charge in [0.25, 0.3) is 0 Å². The second kappa shape index (κ2) is 13.0. The molecule has 0 spiro atoms. The van der Waals surface area contributed by atoms with E-state index in [9.17, 15) is 0 Å². The third-order valence-electron chi connectivity index (χ3n) is 10.2. The fraction of sp³-hybridized carbons (Fsp3) is 0.0408. The fourth-order valence-corrected chi connectivity index (χ4v) is 7.34. The van der Waals surface area contributed by atoms with Gasteiger partial charge in [-0.25, -0.2) is 15.0 Å². The Hall–Kier alpha value is -6.91. The molecule has 2 heterocycles. The number of hydrogen-bond acceptors (Lipinski definition) is 4. The Bertz CT molecular complexity index is 2810. The van der Waals surface area contributed by atoms with E-state index in [1.165, 1.54) is 32.7 Å². The molecule has 1 aliphatic rings. The molecule has 10 rings (SSSR count). The second-order valence-electron chi connectivity index (χ2n) is 13.6. The van der Waals surface area contributed by atoms with Crippen LogP contribution in [0.4, 0.5) is 0 Å². The van der Waals surface area contributed by atoms with Gasteiger partial charge in [-0.15, -0.1) is 0 Å². The standard InChI is InChI=1S/C49H33N3O/c1-2-10-40-30-41(29-18-32(40)8-1)33-16-21-36(22-17-33)45-31-46(37-23-27-39(28-24-37)49-52-44-14-5-6-15-47(44)53-49)51-48(50-45)38-25-19-35(20-26-38)43-13-7-11-34-9-3-4-12-42(34)43/h1-5,7-14,16-31H,6,15H2. The molecule has 0 N–H and O–H groups in total. The van der Waals surface area contributed by atoms with Crippen LogP contribution in [0.3, 0.4) is 0 Å². The van der Waals surface area contributed by atoms with Crippen molar-refractivity contribution in [3.05, 3.63) is 181 Å². The normalized spacial score (nSPS) is 12.3. The number of rotatable bonds is 6. The van der Waals surface area contributed by atoms with Crippen LogP contribution in [0, 0.1) is 0 Å². The van der Waals surface area contributed by atoms with Crippen molar-refractivity contribution in [2.24, 2.45) is 0 Å². The van der Waals surface area contributed by atoms with Gasteiger partial charge < -0.3 is 4.42 Å². The van der Waals surface area contributed by atoms with Gasteiger partial charge in [0.15, 0.2) is 5.82 Å². The van der Waals surface area contributed by atoms with E-state index in [1.54, 1.807) is 0 Å². The van der Waals surface area contributed by atoms with Crippen molar-refractivity contribution in [3.8, 4) is 67.6 Å². The molecule has 7 aromatic carbocycles. The Labute approximate surface area is 307 Å². The molecule has 1 aliphatic carbocycles. The average molecular weight is 680 g/mol. The quantitative estimate of drug-likeness (QED) is 0.175. The molecule has 0 saturated carbocycles. The van der Waals surface area contributed by atoms with Crippen LogP contribution in [-0.2, 0) is 6.42 Å². The number of nitrogens with zero attached hydrogens (tertiary/aromatic N) is 3.